The summed E-state index contributed by atoms with van der Waals surface area (Å²) in [5.41, 5.74) is 1.85. The summed E-state index contributed by atoms with van der Waals surface area (Å²) in [5.74, 6) is 0. The molecule has 2 fully saturated rings. The lowest BCUT2D eigenvalue weighted by Crippen LogP contribution is -2.46. The third-order valence-corrected chi connectivity index (χ3v) is 10.2. The van der Waals surface area contributed by atoms with E-state index in [1.807, 2.05) is 47.0 Å². The predicted octanol–water partition coefficient (Wildman–Crippen LogP) is 4.14. The van der Waals surface area contributed by atoms with E-state index in [-0.39, 0.29) is 11.7 Å². The number of piperidine rings is 1. The summed E-state index contributed by atoms with van der Waals surface area (Å²) in [4.78, 5) is 18.3. The van der Waals surface area contributed by atoms with Crippen LogP contribution in [0.5, 0.6) is 0 Å². The molecule has 2 heterocycles. The first-order valence-corrected chi connectivity index (χ1v) is 13.2. The number of rotatable bonds is 7. The Morgan fingerprint density at radius 1 is 0.969 bits per heavy atom. The quantitative estimate of drug-likeness (QED) is 0.583. The van der Waals surface area contributed by atoms with Crippen LogP contribution >= 0.6 is 0 Å². The fourth-order valence-corrected chi connectivity index (χ4v) is 7.79. The van der Waals surface area contributed by atoms with E-state index in [2.05, 4.69) is 9.88 Å². The summed E-state index contributed by atoms with van der Waals surface area (Å²) in [6.45, 7) is 2.80. The van der Waals surface area contributed by atoms with Gasteiger partial charge in [-0.05, 0) is 69.3 Å². The Labute approximate surface area is 189 Å². The van der Waals surface area contributed by atoms with Gasteiger partial charge in [-0.1, -0.05) is 36.8 Å². The number of benzene rings is 2. The van der Waals surface area contributed by atoms with Gasteiger partial charge in [-0.2, -0.15) is 0 Å². The van der Waals surface area contributed by atoms with Gasteiger partial charge in [0.15, 0.2) is 9.84 Å². The number of aromatic nitrogens is 2. The summed E-state index contributed by atoms with van der Waals surface area (Å²) in [7, 11) is -3.29. The van der Waals surface area contributed by atoms with Gasteiger partial charge in [-0.3, -0.25) is 4.57 Å². The largest absolute Gasteiger partial charge is 0.326 e. The van der Waals surface area contributed by atoms with Crippen molar-refractivity contribution in [3.05, 3.63) is 65.1 Å². The van der Waals surface area contributed by atoms with Gasteiger partial charge in [0.2, 0.25) is 0 Å². The van der Waals surface area contributed by atoms with Gasteiger partial charge < -0.3 is 9.88 Å². The van der Waals surface area contributed by atoms with Crippen LogP contribution in [0.1, 0.15) is 51.0 Å². The van der Waals surface area contributed by atoms with Gasteiger partial charge in [0, 0.05) is 19.1 Å². The van der Waals surface area contributed by atoms with Crippen LogP contribution in [0.4, 0.5) is 0 Å². The first-order valence-electron chi connectivity index (χ1n) is 11.7. The molecule has 7 heteroatoms. The van der Waals surface area contributed by atoms with Gasteiger partial charge in [0.05, 0.1) is 20.7 Å². The molecule has 6 nitrogen and oxygen atoms in total. The number of sulfone groups is 1. The average molecular weight is 454 g/mol. The zero-order chi connectivity index (χ0) is 22.2. The molecule has 1 saturated heterocycles. The molecule has 32 heavy (non-hydrogen) atoms. The van der Waals surface area contributed by atoms with Gasteiger partial charge in [-0.25, -0.2) is 13.2 Å². The maximum absolute atomic E-state index is 13.3. The van der Waals surface area contributed by atoms with E-state index in [1.165, 1.54) is 0 Å². The van der Waals surface area contributed by atoms with Crippen molar-refractivity contribution in [1.29, 1.82) is 0 Å². The lowest BCUT2D eigenvalue weighted by atomic mass is 9.81. The van der Waals surface area contributed by atoms with Crippen LogP contribution in [-0.4, -0.2) is 47.3 Å². The van der Waals surface area contributed by atoms with Crippen molar-refractivity contribution in [2.75, 3.05) is 19.6 Å². The Kier molecular flexibility index (Phi) is 5.72. The molecule has 0 radical (unpaired) electrons. The Morgan fingerprint density at radius 2 is 1.66 bits per heavy atom. The number of H-pyrrole nitrogens is 1. The average Bonchev–Trinajstić information content (AvgIpc) is 3.12. The third kappa shape index (κ3) is 3.71. The van der Waals surface area contributed by atoms with Crippen molar-refractivity contribution >= 4 is 20.9 Å². The highest BCUT2D eigenvalue weighted by Gasteiger charge is 2.48. The van der Waals surface area contributed by atoms with E-state index in [9.17, 15) is 13.2 Å². The highest BCUT2D eigenvalue weighted by atomic mass is 32.2. The van der Waals surface area contributed by atoms with Crippen molar-refractivity contribution in [3.8, 4) is 0 Å². The van der Waals surface area contributed by atoms with Crippen LogP contribution in [-0.2, 0) is 9.84 Å². The second-order valence-electron chi connectivity index (χ2n) is 9.35. The smallest absolute Gasteiger partial charge is 0.306 e. The number of likely N-dealkylation sites (tertiary alicyclic amines) is 1. The summed E-state index contributed by atoms with van der Waals surface area (Å²) < 4.78 is 27.9. The summed E-state index contributed by atoms with van der Waals surface area (Å²) in [6, 6.07) is 17.0. The second-order valence-corrected chi connectivity index (χ2v) is 11.7. The first-order chi connectivity index (χ1) is 15.5. The summed E-state index contributed by atoms with van der Waals surface area (Å²) in [6.07, 6.45) is 6.04. The van der Waals surface area contributed by atoms with Crippen molar-refractivity contribution in [2.45, 2.75) is 60.6 Å². The topological polar surface area (TPSA) is 75.2 Å². The minimum Gasteiger partial charge on any atom is -0.306 e. The number of aromatic amines is 1. The Hall–Kier alpha value is -2.38. The van der Waals surface area contributed by atoms with E-state index >= 15 is 0 Å². The lowest BCUT2D eigenvalue weighted by Gasteiger charge is -2.42. The molecule has 0 atom stereocenters. The number of hydrogen-bond donors (Lipinski definition) is 1. The van der Waals surface area contributed by atoms with Gasteiger partial charge in [-0.15, -0.1) is 0 Å². The zero-order valence-corrected chi connectivity index (χ0v) is 19.2. The minimum absolute atomic E-state index is 0.0253. The van der Waals surface area contributed by atoms with Crippen LogP contribution < -0.4 is 5.69 Å². The predicted molar refractivity (Wildman–Crippen MR) is 127 cm³/mol. The molecule has 0 spiro atoms. The number of fused-ring (bicyclic) bond motifs is 1. The standard InChI is InChI=1S/C25H31N3O3S/c29-24-26-22-10-4-5-11-23(22)28(24)20-12-18-27(19-13-20)17-7-16-25(14-6-15-25)32(30,31)21-8-2-1-3-9-21/h1-5,8-11,20H,6-7,12-19H2,(H,26,29). The Morgan fingerprint density at radius 3 is 2.34 bits per heavy atom. The molecule has 0 bridgehead atoms. The molecular weight excluding hydrogens is 422 g/mol. The fourth-order valence-electron chi connectivity index (χ4n) is 5.54. The van der Waals surface area contributed by atoms with E-state index in [0.29, 0.717) is 4.90 Å². The molecule has 1 N–H and O–H groups in total. The Bertz CT molecular complexity index is 1230. The third-order valence-electron chi connectivity index (χ3n) is 7.54. The summed E-state index contributed by atoms with van der Waals surface area (Å²) in [5, 5.41) is 0. The number of nitrogens with one attached hydrogen (secondary N) is 1. The molecule has 0 unspecified atom stereocenters. The molecule has 2 aromatic carbocycles. The Balaban J connectivity index is 1.18. The van der Waals surface area contributed by atoms with Crippen LogP contribution in [0.15, 0.2) is 64.3 Å². The highest BCUT2D eigenvalue weighted by Crippen LogP contribution is 2.46. The van der Waals surface area contributed by atoms with Crippen molar-refractivity contribution in [1.82, 2.24) is 14.5 Å². The lowest BCUT2D eigenvalue weighted by molar-refractivity contribution is 0.177. The van der Waals surface area contributed by atoms with Crippen LogP contribution in [0, 0.1) is 0 Å². The van der Waals surface area contributed by atoms with Crippen LogP contribution in [0.25, 0.3) is 11.0 Å². The van der Waals surface area contributed by atoms with Crippen molar-refractivity contribution < 1.29 is 8.42 Å². The van der Waals surface area contributed by atoms with Gasteiger partial charge >= 0.3 is 5.69 Å². The number of hydrogen-bond acceptors (Lipinski definition) is 4. The van der Waals surface area contributed by atoms with E-state index in [1.54, 1.807) is 12.1 Å². The maximum atomic E-state index is 13.3. The SMILES string of the molecule is O=c1[nH]c2ccccc2n1C1CCN(CCCC2(S(=O)(=O)c3ccccc3)CCC2)CC1. The molecule has 1 aliphatic carbocycles. The molecule has 5 rings (SSSR count). The number of imidazole rings is 1. The second kappa shape index (κ2) is 8.52. The molecular formula is C25H31N3O3S. The van der Waals surface area contributed by atoms with Crippen molar-refractivity contribution in [2.24, 2.45) is 0 Å². The molecule has 1 aromatic heterocycles. The van der Waals surface area contributed by atoms with Crippen molar-refractivity contribution in [3.63, 3.8) is 0 Å². The van der Waals surface area contributed by atoms with E-state index in [0.717, 1.165) is 75.6 Å². The molecule has 1 saturated carbocycles. The maximum Gasteiger partial charge on any atom is 0.326 e. The number of nitrogens with zero attached hydrogens (tertiary/aromatic N) is 2. The minimum atomic E-state index is -3.29. The van der Waals surface area contributed by atoms with E-state index < -0.39 is 14.6 Å². The summed E-state index contributed by atoms with van der Waals surface area (Å²) >= 11 is 0. The normalized spacial score (nSPS) is 19.8. The van der Waals surface area contributed by atoms with Gasteiger partial charge in [0.25, 0.3) is 0 Å². The molecule has 170 valence electrons. The van der Waals surface area contributed by atoms with E-state index in [4.69, 9.17) is 0 Å². The zero-order valence-electron chi connectivity index (χ0n) is 18.4. The molecule has 0 amide bonds. The highest BCUT2D eigenvalue weighted by molar-refractivity contribution is 7.93. The molecule has 2 aliphatic rings. The molecule has 1 aliphatic heterocycles. The van der Waals surface area contributed by atoms with Crippen LogP contribution in [0.2, 0.25) is 0 Å². The van der Waals surface area contributed by atoms with Gasteiger partial charge in [0.1, 0.15) is 0 Å². The van der Waals surface area contributed by atoms with Crippen LogP contribution in [0.3, 0.4) is 0 Å². The number of para-hydroxylation sites is 2. The first kappa shape index (κ1) is 21.5. The fraction of sp³-hybridized carbons (Fsp3) is 0.480. The monoisotopic (exact) mass is 453 g/mol. The molecule has 3 aromatic rings.